The van der Waals surface area contributed by atoms with Gasteiger partial charge >= 0.3 is 0 Å². The Morgan fingerprint density at radius 2 is 1.90 bits per heavy atom. The molecule has 0 saturated heterocycles. The first-order chi connectivity index (χ1) is 10.2. The van der Waals surface area contributed by atoms with Crippen molar-refractivity contribution in [2.75, 3.05) is 44.0 Å². The van der Waals surface area contributed by atoms with Crippen molar-refractivity contribution in [2.24, 2.45) is 0 Å². The summed E-state index contributed by atoms with van der Waals surface area (Å²) in [6.07, 6.45) is 3.32. The van der Waals surface area contributed by atoms with Crippen molar-refractivity contribution in [2.45, 2.75) is 26.7 Å². The van der Waals surface area contributed by atoms with Crippen LogP contribution in [0.1, 0.15) is 25.8 Å². The van der Waals surface area contributed by atoms with Crippen LogP contribution in [0.4, 0.5) is 11.6 Å². The number of methoxy groups -OCH3 is 1. The predicted octanol–water partition coefficient (Wildman–Crippen LogP) is 1.04. The minimum Gasteiger partial charge on any atom is -0.383 e. The van der Waals surface area contributed by atoms with E-state index in [-0.39, 0.29) is 12.5 Å². The highest BCUT2D eigenvalue weighted by Crippen LogP contribution is 2.20. The molecule has 0 spiro atoms. The highest BCUT2D eigenvalue weighted by atomic mass is 16.5. The molecular weight excluding hydrogens is 270 g/mol. The van der Waals surface area contributed by atoms with Crippen LogP contribution in [0.2, 0.25) is 0 Å². The molecule has 1 aromatic rings. The molecule has 1 heterocycles. The third-order valence-corrected chi connectivity index (χ3v) is 2.89. The predicted molar refractivity (Wildman–Crippen MR) is 83.6 cm³/mol. The molecule has 0 aromatic carbocycles. The lowest BCUT2D eigenvalue weighted by Gasteiger charge is -2.14. The third-order valence-electron chi connectivity index (χ3n) is 2.89. The standard InChI is InChI=1S/C14H25N5O2/c1-4-6-16-13-11(5-2)14(19-10-18-13)17-9-12(20)15-7-8-21-3/h10H,4-9H2,1-3H3,(H,15,20)(H2,16,17,18,19). The van der Waals surface area contributed by atoms with Crippen LogP contribution in [-0.4, -0.2) is 49.2 Å². The van der Waals surface area contributed by atoms with Crippen LogP contribution in [0.15, 0.2) is 6.33 Å². The number of ether oxygens (including phenoxy) is 1. The summed E-state index contributed by atoms with van der Waals surface area (Å²) in [5.41, 5.74) is 0.996. The summed E-state index contributed by atoms with van der Waals surface area (Å²) in [6.45, 7) is 6.19. The Balaban J connectivity index is 2.59. The molecule has 0 fully saturated rings. The summed E-state index contributed by atoms with van der Waals surface area (Å²) < 4.78 is 4.88. The molecule has 0 atom stereocenters. The number of hydrogen-bond donors (Lipinski definition) is 3. The molecule has 21 heavy (non-hydrogen) atoms. The van der Waals surface area contributed by atoms with Gasteiger partial charge in [-0.3, -0.25) is 4.79 Å². The molecule has 7 nitrogen and oxygen atoms in total. The van der Waals surface area contributed by atoms with Gasteiger partial charge in [-0.25, -0.2) is 9.97 Å². The second kappa shape index (κ2) is 9.93. The molecule has 1 amide bonds. The number of hydrogen-bond acceptors (Lipinski definition) is 6. The first-order valence-corrected chi connectivity index (χ1v) is 7.30. The Labute approximate surface area is 125 Å². The monoisotopic (exact) mass is 295 g/mol. The highest BCUT2D eigenvalue weighted by Gasteiger charge is 2.10. The largest absolute Gasteiger partial charge is 0.383 e. The Bertz CT molecular complexity index is 439. The van der Waals surface area contributed by atoms with E-state index in [1.807, 2.05) is 6.92 Å². The van der Waals surface area contributed by atoms with Crippen LogP contribution < -0.4 is 16.0 Å². The minimum atomic E-state index is -0.0872. The number of aromatic nitrogens is 2. The van der Waals surface area contributed by atoms with Gasteiger partial charge in [0.2, 0.25) is 5.91 Å². The van der Waals surface area contributed by atoms with Crippen molar-refractivity contribution in [1.82, 2.24) is 15.3 Å². The molecule has 0 saturated carbocycles. The van der Waals surface area contributed by atoms with E-state index in [4.69, 9.17) is 4.74 Å². The fourth-order valence-corrected chi connectivity index (χ4v) is 1.81. The maximum Gasteiger partial charge on any atom is 0.239 e. The van der Waals surface area contributed by atoms with Gasteiger partial charge in [-0.2, -0.15) is 0 Å². The van der Waals surface area contributed by atoms with E-state index >= 15 is 0 Å². The van der Waals surface area contributed by atoms with Gasteiger partial charge in [0, 0.05) is 25.8 Å². The summed E-state index contributed by atoms with van der Waals surface area (Å²) in [7, 11) is 1.60. The highest BCUT2D eigenvalue weighted by molar-refractivity contribution is 5.80. The zero-order chi connectivity index (χ0) is 15.5. The lowest BCUT2D eigenvalue weighted by Crippen LogP contribution is -2.32. The van der Waals surface area contributed by atoms with Gasteiger partial charge < -0.3 is 20.7 Å². The normalized spacial score (nSPS) is 10.2. The maximum atomic E-state index is 11.7. The topological polar surface area (TPSA) is 88.2 Å². The Hall–Kier alpha value is -1.89. The van der Waals surface area contributed by atoms with Gasteiger partial charge in [-0.05, 0) is 12.8 Å². The van der Waals surface area contributed by atoms with Crippen molar-refractivity contribution in [3.8, 4) is 0 Å². The molecule has 0 aliphatic carbocycles. The molecule has 0 aliphatic rings. The number of nitrogens with zero attached hydrogens (tertiary/aromatic N) is 2. The quantitative estimate of drug-likeness (QED) is 0.559. The number of rotatable bonds is 10. The zero-order valence-corrected chi connectivity index (χ0v) is 13.0. The summed E-state index contributed by atoms with van der Waals surface area (Å²) >= 11 is 0. The van der Waals surface area contributed by atoms with E-state index in [0.29, 0.717) is 19.0 Å². The van der Waals surface area contributed by atoms with E-state index in [0.717, 1.165) is 30.8 Å². The number of anilines is 2. The molecule has 118 valence electrons. The van der Waals surface area contributed by atoms with Gasteiger partial charge in [0.05, 0.1) is 13.2 Å². The van der Waals surface area contributed by atoms with Gasteiger partial charge in [-0.15, -0.1) is 0 Å². The third kappa shape index (κ3) is 5.95. The SMILES string of the molecule is CCCNc1ncnc(NCC(=O)NCCOC)c1CC. The molecule has 3 N–H and O–H groups in total. The second-order valence-corrected chi connectivity index (χ2v) is 4.53. The van der Waals surface area contributed by atoms with Crippen LogP contribution >= 0.6 is 0 Å². The lowest BCUT2D eigenvalue weighted by atomic mass is 10.2. The van der Waals surface area contributed by atoms with Gasteiger partial charge in [-0.1, -0.05) is 13.8 Å². The Kier molecular flexibility index (Phi) is 8.11. The van der Waals surface area contributed by atoms with Crippen molar-refractivity contribution in [1.29, 1.82) is 0 Å². The second-order valence-electron chi connectivity index (χ2n) is 4.53. The number of nitrogens with one attached hydrogen (secondary N) is 3. The fourth-order valence-electron chi connectivity index (χ4n) is 1.81. The smallest absolute Gasteiger partial charge is 0.239 e. The van der Waals surface area contributed by atoms with Gasteiger partial charge in [0.25, 0.3) is 0 Å². The molecule has 0 radical (unpaired) electrons. The van der Waals surface area contributed by atoms with E-state index in [1.54, 1.807) is 7.11 Å². The van der Waals surface area contributed by atoms with Crippen molar-refractivity contribution >= 4 is 17.5 Å². The lowest BCUT2D eigenvalue weighted by molar-refractivity contribution is -0.119. The van der Waals surface area contributed by atoms with E-state index in [1.165, 1.54) is 6.33 Å². The Morgan fingerprint density at radius 1 is 1.19 bits per heavy atom. The van der Waals surface area contributed by atoms with Crippen LogP contribution in [0.3, 0.4) is 0 Å². The molecule has 0 aliphatic heterocycles. The zero-order valence-electron chi connectivity index (χ0n) is 13.0. The van der Waals surface area contributed by atoms with Gasteiger partial charge in [0.1, 0.15) is 18.0 Å². The summed E-state index contributed by atoms with van der Waals surface area (Å²) in [6, 6.07) is 0. The average molecular weight is 295 g/mol. The van der Waals surface area contributed by atoms with Gasteiger partial charge in [0.15, 0.2) is 0 Å². The summed E-state index contributed by atoms with van der Waals surface area (Å²) in [5, 5.41) is 9.09. The van der Waals surface area contributed by atoms with Crippen LogP contribution in [0.5, 0.6) is 0 Å². The van der Waals surface area contributed by atoms with Crippen molar-refractivity contribution in [3.05, 3.63) is 11.9 Å². The van der Waals surface area contributed by atoms with Crippen LogP contribution in [-0.2, 0) is 16.0 Å². The number of carbonyl (C=O) groups excluding carboxylic acids is 1. The molecule has 1 rings (SSSR count). The van der Waals surface area contributed by atoms with E-state index in [2.05, 4.69) is 32.8 Å². The number of amides is 1. The van der Waals surface area contributed by atoms with Crippen molar-refractivity contribution in [3.63, 3.8) is 0 Å². The first-order valence-electron chi connectivity index (χ1n) is 7.30. The molecule has 0 bridgehead atoms. The molecule has 0 unspecified atom stereocenters. The maximum absolute atomic E-state index is 11.7. The summed E-state index contributed by atoms with van der Waals surface area (Å²) in [4.78, 5) is 20.1. The Morgan fingerprint density at radius 3 is 2.52 bits per heavy atom. The fraction of sp³-hybridized carbons (Fsp3) is 0.643. The molecule has 7 heteroatoms. The summed E-state index contributed by atoms with van der Waals surface area (Å²) in [5.74, 6) is 1.44. The molecular formula is C14H25N5O2. The van der Waals surface area contributed by atoms with Crippen LogP contribution in [0, 0.1) is 0 Å². The van der Waals surface area contributed by atoms with Crippen LogP contribution in [0.25, 0.3) is 0 Å². The average Bonchev–Trinajstić information content (AvgIpc) is 2.51. The van der Waals surface area contributed by atoms with Crippen molar-refractivity contribution < 1.29 is 9.53 Å². The van der Waals surface area contributed by atoms with E-state index < -0.39 is 0 Å². The number of carbonyl (C=O) groups is 1. The van der Waals surface area contributed by atoms with E-state index in [9.17, 15) is 4.79 Å². The molecule has 1 aromatic heterocycles. The first kappa shape index (κ1) is 17.2. The minimum absolute atomic E-state index is 0.0872.